The van der Waals surface area contributed by atoms with Gasteiger partial charge >= 0.3 is 0 Å². The topological polar surface area (TPSA) is 197 Å². The fraction of sp³-hybridized carbons (Fsp3) is 0.350. The molecule has 0 saturated carbocycles. The third-order valence-corrected chi connectivity index (χ3v) is 10.9. The number of pyridine rings is 3. The summed E-state index contributed by atoms with van der Waals surface area (Å²) in [4.78, 5) is 62.5. The van der Waals surface area contributed by atoms with Crippen molar-refractivity contribution >= 4 is 40.4 Å². The fourth-order valence-corrected chi connectivity index (χ4v) is 7.77. The summed E-state index contributed by atoms with van der Waals surface area (Å²) in [5.74, 6) is -1.00. The summed E-state index contributed by atoms with van der Waals surface area (Å²) in [6.45, 7) is 1.35. The van der Waals surface area contributed by atoms with Gasteiger partial charge in [0, 0.05) is 84.5 Å². The molecule has 0 unspecified atom stereocenters. The molecule has 282 valence electrons. The molecule has 1 aromatic carbocycles. The number of aromatic amines is 1. The minimum absolute atomic E-state index is 0.129. The summed E-state index contributed by atoms with van der Waals surface area (Å²) in [5, 5.41) is 11.4. The van der Waals surface area contributed by atoms with Gasteiger partial charge in [0.05, 0.1) is 11.7 Å². The lowest BCUT2D eigenvalue weighted by atomic mass is 10.0. The Morgan fingerprint density at radius 1 is 0.852 bits per heavy atom. The second kappa shape index (κ2) is 18.7. The number of carbonyl (C=O) groups is 3. The molecule has 0 aliphatic carbocycles. The Kier molecular flexibility index (Phi) is 13.4. The third-order valence-electron chi connectivity index (χ3n) is 9.76. The number of aromatic nitrogens is 4. The number of nitrogens with zero attached hydrogens (tertiary/aromatic N) is 4. The van der Waals surface area contributed by atoms with Gasteiger partial charge < -0.3 is 37.3 Å². The minimum atomic E-state index is -0.913. The van der Waals surface area contributed by atoms with Crippen LogP contribution in [0.1, 0.15) is 48.8 Å². The molecule has 6 rings (SSSR count). The molecule has 0 fully saturated rings. The number of hydrogen-bond acceptors (Lipinski definition) is 10. The van der Waals surface area contributed by atoms with Crippen molar-refractivity contribution in [3.63, 3.8) is 0 Å². The van der Waals surface area contributed by atoms with Crippen molar-refractivity contribution in [1.82, 2.24) is 40.8 Å². The molecule has 14 heteroatoms. The molecule has 0 bridgehead atoms. The molecular formula is C40H48N10O3S. The van der Waals surface area contributed by atoms with E-state index in [9.17, 15) is 14.4 Å². The second-order valence-corrected chi connectivity index (χ2v) is 14.4. The van der Waals surface area contributed by atoms with Crippen molar-refractivity contribution in [2.45, 2.75) is 79.7 Å². The van der Waals surface area contributed by atoms with Crippen LogP contribution in [0.15, 0.2) is 95.5 Å². The van der Waals surface area contributed by atoms with Crippen LogP contribution in [-0.4, -0.2) is 80.8 Å². The maximum Gasteiger partial charge on any atom is 0.245 e. The monoisotopic (exact) mass is 748 g/mol. The standard InChI is InChI=1S/C40H48N10O3S/c1-50-34(21-28-24-46-31-12-3-2-11-29(28)31)38(52)48-25-30-35(15-20-44-36(30)26-9-7-18-43-22-26)54-39-27(10-8-19-45-39)23-47-32(14-6-17-42)37(51)49-33(40(50)53)13-4-5-16-41/h2-3,7-12,15,18-20,22,24,32-34,46-47H,4-6,13-14,16-17,21,23,25,41-42H2,1H3,(H,48,52)(H,49,51)/t32-,33-,34-/m0/s1. The molecule has 13 nitrogen and oxygen atoms in total. The average molecular weight is 749 g/mol. The second-order valence-electron chi connectivity index (χ2n) is 13.4. The number of hydrogen-bond donors (Lipinski definition) is 6. The minimum Gasteiger partial charge on any atom is -0.361 e. The van der Waals surface area contributed by atoms with Crippen molar-refractivity contribution in [2.24, 2.45) is 11.5 Å². The van der Waals surface area contributed by atoms with E-state index in [1.807, 2.05) is 60.8 Å². The Balaban J connectivity index is 1.44. The zero-order valence-electron chi connectivity index (χ0n) is 30.5. The highest BCUT2D eigenvalue weighted by Crippen LogP contribution is 2.35. The zero-order chi connectivity index (χ0) is 37.9. The molecule has 0 radical (unpaired) electrons. The van der Waals surface area contributed by atoms with Crippen molar-refractivity contribution < 1.29 is 14.4 Å². The lowest BCUT2D eigenvalue weighted by molar-refractivity contribution is -0.142. The van der Waals surface area contributed by atoms with E-state index in [-0.39, 0.29) is 30.7 Å². The van der Waals surface area contributed by atoms with Crippen LogP contribution in [0, 0.1) is 0 Å². The van der Waals surface area contributed by atoms with E-state index in [1.165, 1.54) is 16.7 Å². The van der Waals surface area contributed by atoms with Gasteiger partial charge in [-0.05, 0) is 86.7 Å². The molecule has 54 heavy (non-hydrogen) atoms. The van der Waals surface area contributed by atoms with Crippen molar-refractivity contribution in [3.8, 4) is 11.3 Å². The normalized spacial score (nSPS) is 18.8. The van der Waals surface area contributed by atoms with Gasteiger partial charge in [0.25, 0.3) is 0 Å². The number of fused-ring (bicyclic) bond motifs is 3. The van der Waals surface area contributed by atoms with Crippen LogP contribution in [0.25, 0.3) is 22.2 Å². The van der Waals surface area contributed by atoms with Gasteiger partial charge in [0.15, 0.2) is 0 Å². The Bertz CT molecular complexity index is 2040. The summed E-state index contributed by atoms with van der Waals surface area (Å²) in [7, 11) is 1.64. The lowest BCUT2D eigenvalue weighted by Crippen LogP contribution is -2.57. The van der Waals surface area contributed by atoms with Crippen LogP contribution in [0.4, 0.5) is 0 Å². The van der Waals surface area contributed by atoms with Gasteiger partial charge in [-0.1, -0.05) is 36.0 Å². The highest BCUT2D eigenvalue weighted by molar-refractivity contribution is 7.99. The summed E-state index contributed by atoms with van der Waals surface area (Å²) in [6, 6.07) is 15.0. The van der Waals surface area contributed by atoms with Gasteiger partial charge in [0.2, 0.25) is 17.7 Å². The Hall–Kier alpha value is -5.15. The Labute approximate surface area is 319 Å². The maximum atomic E-state index is 14.5. The number of benzene rings is 1. The number of para-hydroxylation sites is 1. The van der Waals surface area contributed by atoms with Crippen LogP contribution < -0.4 is 27.4 Å². The van der Waals surface area contributed by atoms with E-state index in [1.54, 1.807) is 31.8 Å². The zero-order valence-corrected chi connectivity index (χ0v) is 31.3. The van der Waals surface area contributed by atoms with Gasteiger partial charge in [-0.2, -0.15) is 0 Å². The molecule has 5 aromatic rings. The number of carbonyl (C=O) groups excluding carboxylic acids is 3. The fourth-order valence-electron chi connectivity index (χ4n) is 6.76. The number of H-pyrrole nitrogens is 1. The molecule has 3 amide bonds. The number of nitrogens with one attached hydrogen (secondary N) is 4. The molecule has 1 aliphatic heterocycles. The summed E-state index contributed by atoms with van der Waals surface area (Å²) in [5.41, 5.74) is 16.7. The largest absolute Gasteiger partial charge is 0.361 e. The van der Waals surface area contributed by atoms with Crippen LogP contribution >= 0.6 is 11.8 Å². The van der Waals surface area contributed by atoms with E-state index in [0.717, 1.165) is 43.1 Å². The third kappa shape index (κ3) is 9.31. The van der Waals surface area contributed by atoms with Gasteiger partial charge in [-0.3, -0.25) is 24.4 Å². The smallest absolute Gasteiger partial charge is 0.245 e. The number of unbranched alkanes of at least 4 members (excludes halogenated alkanes) is 1. The van der Waals surface area contributed by atoms with Gasteiger partial charge in [-0.15, -0.1) is 0 Å². The quantitative estimate of drug-likeness (QED) is 0.115. The van der Waals surface area contributed by atoms with Crippen LogP contribution in [0.3, 0.4) is 0 Å². The molecule has 8 N–H and O–H groups in total. The van der Waals surface area contributed by atoms with E-state index < -0.39 is 18.1 Å². The highest BCUT2D eigenvalue weighted by atomic mass is 32.2. The van der Waals surface area contributed by atoms with Gasteiger partial charge in [0.1, 0.15) is 17.1 Å². The van der Waals surface area contributed by atoms with Crippen molar-refractivity contribution in [1.29, 1.82) is 0 Å². The lowest BCUT2D eigenvalue weighted by Gasteiger charge is -2.32. The first-order valence-corrected chi connectivity index (χ1v) is 19.2. The molecule has 4 aromatic heterocycles. The summed E-state index contributed by atoms with van der Waals surface area (Å²) < 4.78 is 0. The molecule has 3 atom stereocenters. The SMILES string of the molecule is CN1C(=O)[C@H](CCCCN)NC(=O)[C@H](CCCN)NCc2cccnc2Sc2ccnc(-c3cccnc3)c2CNC(=O)[C@@H]1Cc1c[nH]c2ccccc12. The predicted octanol–water partition coefficient (Wildman–Crippen LogP) is 3.68. The summed E-state index contributed by atoms with van der Waals surface area (Å²) >= 11 is 1.47. The van der Waals surface area contributed by atoms with Gasteiger partial charge in [-0.25, -0.2) is 4.98 Å². The summed E-state index contributed by atoms with van der Waals surface area (Å²) in [6.07, 6.45) is 11.8. The number of rotatable bonds is 10. The Morgan fingerprint density at radius 2 is 1.67 bits per heavy atom. The first-order chi connectivity index (χ1) is 26.4. The van der Waals surface area contributed by atoms with Crippen LogP contribution in [-0.2, 0) is 33.9 Å². The van der Waals surface area contributed by atoms with Crippen molar-refractivity contribution in [2.75, 3.05) is 20.1 Å². The highest BCUT2D eigenvalue weighted by Gasteiger charge is 2.34. The van der Waals surface area contributed by atoms with E-state index in [4.69, 9.17) is 21.4 Å². The van der Waals surface area contributed by atoms with E-state index in [0.29, 0.717) is 57.4 Å². The Morgan fingerprint density at radius 3 is 2.48 bits per heavy atom. The maximum absolute atomic E-state index is 14.5. The molecule has 0 saturated heterocycles. The number of amides is 3. The first kappa shape index (κ1) is 38.6. The van der Waals surface area contributed by atoms with E-state index in [2.05, 4.69) is 25.9 Å². The molecule has 0 spiro atoms. The molecule has 1 aliphatic rings. The number of likely N-dealkylation sites (N-methyl/N-ethyl adjacent to an activating group) is 1. The predicted molar refractivity (Wildman–Crippen MR) is 210 cm³/mol. The molecule has 5 heterocycles. The van der Waals surface area contributed by atoms with Crippen LogP contribution in [0.5, 0.6) is 0 Å². The molecular weight excluding hydrogens is 701 g/mol. The van der Waals surface area contributed by atoms with Crippen molar-refractivity contribution in [3.05, 3.63) is 102 Å². The average Bonchev–Trinajstić information content (AvgIpc) is 3.61. The first-order valence-electron chi connectivity index (χ1n) is 18.4. The number of nitrogens with two attached hydrogens (primary N) is 2. The van der Waals surface area contributed by atoms with E-state index >= 15 is 0 Å². The van der Waals surface area contributed by atoms with Crippen LogP contribution in [0.2, 0.25) is 0 Å².